The molecule has 126 valence electrons. The van der Waals surface area contributed by atoms with Gasteiger partial charge in [-0.15, -0.1) is 0 Å². The van der Waals surface area contributed by atoms with E-state index in [1.807, 2.05) is 0 Å². The van der Waals surface area contributed by atoms with Gasteiger partial charge in [-0.3, -0.25) is 0 Å². The number of hydrogen-bond donors (Lipinski definition) is 1. The largest absolute Gasteiger partial charge is 0.317 e. The molecule has 1 N–H and O–H groups in total. The molecule has 0 radical (unpaired) electrons. The molecule has 0 spiro atoms. The van der Waals surface area contributed by atoms with Gasteiger partial charge in [0, 0.05) is 19.1 Å². The zero-order chi connectivity index (χ0) is 15.9. The van der Waals surface area contributed by atoms with Crippen molar-refractivity contribution in [3.63, 3.8) is 0 Å². The molecule has 1 fully saturated rings. The van der Waals surface area contributed by atoms with Crippen molar-refractivity contribution in [1.82, 2.24) is 9.62 Å². The number of nitrogens with one attached hydrogen (secondary N) is 1. The van der Waals surface area contributed by atoms with Gasteiger partial charge in [0.15, 0.2) is 0 Å². The van der Waals surface area contributed by atoms with E-state index >= 15 is 0 Å². The van der Waals surface area contributed by atoms with Crippen molar-refractivity contribution in [2.24, 2.45) is 11.8 Å². The lowest BCUT2D eigenvalue weighted by Gasteiger charge is -2.35. The monoisotopic (exact) mass is 318 g/mol. The van der Waals surface area contributed by atoms with Crippen LogP contribution in [0.2, 0.25) is 0 Å². The summed E-state index contributed by atoms with van der Waals surface area (Å²) in [5.41, 5.74) is 0. The number of rotatable bonds is 9. The van der Waals surface area contributed by atoms with E-state index in [4.69, 9.17) is 0 Å². The Morgan fingerprint density at radius 2 is 1.86 bits per heavy atom. The summed E-state index contributed by atoms with van der Waals surface area (Å²) in [6.45, 7) is 5.91. The van der Waals surface area contributed by atoms with Gasteiger partial charge in [-0.1, -0.05) is 26.7 Å². The predicted octanol–water partition coefficient (Wildman–Crippen LogP) is 2.85. The van der Waals surface area contributed by atoms with Gasteiger partial charge in [-0.2, -0.15) is 0 Å². The highest BCUT2D eigenvalue weighted by Crippen LogP contribution is 2.28. The Bertz CT molecular complexity index is 378. The molecule has 0 aromatic carbocycles. The quantitative estimate of drug-likeness (QED) is 0.711. The summed E-state index contributed by atoms with van der Waals surface area (Å²) < 4.78 is 25.1. The summed E-state index contributed by atoms with van der Waals surface area (Å²) in [7, 11) is -0.973. The van der Waals surface area contributed by atoms with Crippen LogP contribution in [-0.2, 0) is 10.0 Å². The predicted molar refractivity (Wildman–Crippen MR) is 89.9 cm³/mol. The Balaban J connectivity index is 2.62. The van der Waals surface area contributed by atoms with E-state index in [0.717, 1.165) is 25.2 Å². The SMILES string of the molecule is CCCC(CCC)C(CC1CCCN(S(C)(=O)=O)C1)NC. The lowest BCUT2D eigenvalue weighted by atomic mass is 9.83. The van der Waals surface area contributed by atoms with E-state index in [1.54, 1.807) is 4.31 Å². The maximum absolute atomic E-state index is 11.7. The summed E-state index contributed by atoms with van der Waals surface area (Å²) in [5.74, 6) is 1.22. The van der Waals surface area contributed by atoms with E-state index < -0.39 is 10.0 Å². The Labute approximate surface area is 131 Å². The fourth-order valence-electron chi connectivity index (χ4n) is 3.71. The summed E-state index contributed by atoms with van der Waals surface area (Å²) >= 11 is 0. The lowest BCUT2D eigenvalue weighted by Crippen LogP contribution is -2.43. The molecule has 0 aromatic rings. The molecular weight excluding hydrogens is 284 g/mol. The zero-order valence-corrected chi connectivity index (χ0v) is 15.1. The van der Waals surface area contributed by atoms with Crippen molar-refractivity contribution in [1.29, 1.82) is 0 Å². The van der Waals surface area contributed by atoms with E-state index in [1.165, 1.54) is 31.9 Å². The maximum atomic E-state index is 11.7. The molecule has 21 heavy (non-hydrogen) atoms. The van der Waals surface area contributed by atoms with E-state index in [2.05, 4.69) is 26.2 Å². The number of sulfonamides is 1. The first-order valence-corrected chi connectivity index (χ1v) is 10.4. The van der Waals surface area contributed by atoms with Gasteiger partial charge in [0.05, 0.1) is 6.26 Å². The molecule has 0 amide bonds. The minimum absolute atomic E-state index is 0.502. The van der Waals surface area contributed by atoms with Crippen LogP contribution in [0, 0.1) is 11.8 Å². The number of piperidine rings is 1. The van der Waals surface area contributed by atoms with Crippen molar-refractivity contribution in [2.45, 2.75) is 64.8 Å². The van der Waals surface area contributed by atoms with Gasteiger partial charge in [0.1, 0.15) is 0 Å². The third kappa shape index (κ3) is 6.25. The van der Waals surface area contributed by atoms with Crippen molar-refractivity contribution in [2.75, 3.05) is 26.4 Å². The van der Waals surface area contributed by atoms with Gasteiger partial charge < -0.3 is 5.32 Å². The minimum atomic E-state index is -3.03. The third-order valence-corrected chi connectivity index (χ3v) is 6.07. The molecular formula is C16H34N2O2S. The standard InChI is InChI=1S/C16H34N2O2S/c1-5-8-15(9-6-2)16(17-3)12-14-10-7-11-18(13-14)21(4,19)20/h14-17H,5-13H2,1-4H3. The molecule has 4 nitrogen and oxygen atoms in total. The maximum Gasteiger partial charge on any atom is 0.211 e. The van der Waals surface area contributed by atoms with Gasteiger partial charge in [0.25, 0.3) is 0 Å². The molecule has 0 bridgehead atoms. The molecule has 2 atom stereocenters. The van der Waals surface area contributed by atoms with Crippen LogP contribution in [0.3, 0.4) is 0 Å². The number of nitrogens with zero attached hydrogens (tertiary/aromatic N) is 1. The second kappa shape index (κ2) is 9.11. The molecule has 1 saturated heterocycles. The third-order valence-electron chi connectivity index (χ3n) is 4.80. The summed E-state index contributed by atoms with van der Waals surface area (Å²) in [5, 5.41) is 3.50. The Hall–Kier alpha value is -0.130. The molecule has 1 aliphatic heterocycles. The molecule has 5 heteroatoms. The van der Waals surface area contributed by atoms with Gasteiger partial charge in [-0.05, 0) is 51.0 Å². The van der Waals surface area contributed by atoms with Crippen LogP contribution in [0.4, 0.5) is 0 Å². The first-order chi connectivity index (χ1) is 9.92. The van der Waals surface area contributed by atoms with Crippen molar-refractivity contribution < 1.29 is 8.42 Å². The average Bonchev–Trinajstić information content (AvgIpc) is 2.44. The summed E-state index contributed by atoms with van der Waals surface area (Å²) in [4.78, 5) is 0. The van der Waals surface area contributed by atoms with Gasteiger partial charge in [-0.25, -0.2) is 12.7 Å². The first kappa shape index (κ1) is 18.9. The van der Waals surface area contributed by atoms with Crippen LogP contribution in [-0.4, -0.2) is 45.2 Å². The van der Waals surface area contributed by atoms with Gasteiger partial charge in [0.2, 0.25) is 10.0 Å². The zero-order valence-electron chi connectivity index (χ0n) is 14.3. The molecule has 2 unspecified atom stereocenters. The molecule has 0 saturated carbocycles. The second-order valence-corrected chi connectivity index (χ2v) is 8.58. The highest BCUT2D eigenvalue weighted by Gasteiger charge is 2.29. The Morgan fingerprint density at radius 3 is 2.33 bits per heavy atom. The van der Waals surface area contributed by atoms with Crippen molar-refractivity contribution >= 4 is 10.0 Å². The molecule has 0 aromatic heterocycles. The Morgan fingerprint density at radius 1 is 1.24 bits per heavy atom. The average molecular weight is 319 g/mol. The van der Waals surface area contributed by atoms with Crippen molar-refractivity contribution in [3.05, 3.63) is 0 Å². The van der Waals surface area contributed by atoms with Crippen LogP contribution in [0.1, 0.15) is 58.8 Å². The van der Waals surface area contributed by atoms with Crippen molar-refractivity contribution in [3.8, 4) is 0 Å². The topological polar surface area (TPSA) is 49.4 Å². The number of hydrogen-bond acceptors (Lipinski definition) is 3. The molecule has 1 rings (SSSR count). The van der Waals surface area contributed by atoms with Crippen LogP contribution in [0.15, 0.2) is 0 Å². The van der Waals surface area contributed by atoms with Crippen LogP contribution < -0.4 is 5.32 Å². The summed E-state index contributed by atoms with van der Waals surface area (Å²) in [6.07, 6.45) is 9.58. The lowest BCUT2D eigenvalue weighted by molar-refractivity contribution is 0.208. The highest BCUT2D eigenvalue weighted by atomic mass is 32.2. The minimum Gasteiger partial charge on any atom is -0.317 e. The molecule has 0 aliphatic carbocycles. The highest BCUT2D eigenvalue weighted by molar-refractivity contribution is 7.88. The van der Waals surface area contributed by atoms with E-state index in [9.17, 15) is 8.42 Å². The van der Waals surface area contributed by atoms with Gasteiger partial charge >= 0.3 is 0 Å². The molecule has 1 heterocycles. The second-order valence-electron chi connectivity index (χ2n) is 6.60. The van der Waals surface area contributed by atoms with E-state index in [-0.39, 0.29) is 0 Å². The molecule has 1 aliphatic rings. The van der Waals surface area contributed by atoms with Crippen LogP contribution >= 0.6 is 0 Å². The summed E-state index contributed by atoms with van der Waals surface area (Å²) in [6, 6.07) is 0.523. The fraction of sp³-hybridized carbons (Fsp3) is 1.00. The Kier molecular flexibility index (Phi) is 8.21. The van der Waals surface area contributed by atoms with E-state index in [0.29, 0.717) is 25.0 Å². The smallest absolute Gasteiger partial charge is 0.211 e. The fourth-order valence-corrected chi connectivity index (χ4v) is 4.66. The normalized spacial score (nSPS) is 22.6. The van der Waals surface area contributed by atoms with Crippen LogP contribution in [0.5, 0.6) is 0 Å². The first-order valence-electron chi connectivity index (χ1n) is 8.54. The van der Waals surface area contributed by atoms with Crippen LogP contribution in [0.25, 0.3) is 0 Å².